The van der Waals surface area contributed by atoms with E-state index in [0.717, 1.165) is 18.9 Å². The van der Waals surface area contributed by atoms with Gasteiger partial charge in [0.2, 0.25) is 0 Å². The molecular weight excluding hydrogens is 347 g/mol. The minimum atomic E-state index is -4.37. The molecule has 0 bridgehead atoms. The predicted octanol–water partition coefficient (Wildman–Crippen LogP) is 5.08. The van der Waals surface area contributed by atoms with Gasteiger partial charge >= 0.3 is 6.18 Å². The van der Waals surface area contributed by atoms with Crippen molar-refractivity contribution in [3.8, 4) is 0 Å². The van der Waals surface area contributed by atoms with E-state index >= 15 is 0 Å². The molecule has 1 N–H and O–H groups in total. The standard InChI is InChI=1S/C15H19BrF3NO/c1-9(2)14-8-11(5-6-21-14)20-13-4-3-10(16)7-12(13)15(17,18)19/h3-4,7,9,11,14,20H,5-6,8H2,1-2H3. The SMILES string of the molecule is CC(C)C1CC(Nc2ccc(Br)cc2C(F)(F)F)CCO1. The Labute approximate surface area is 131 Å². The molecule has 1 aliphatic heterocycles. The molecule has 1 heterocycles. The van der Waals surface area contributed by atoms with E-state index in [2.05, 4.69) is 35.1 Å². The molecule has 2 nitrogen and oxygen atoms in total. The van der Waals surface area contributed by atoms with Gasteiger partial charge in [0.05, 0.1) is 11.7 Å². The van der Waals surface area contributed by atoms with Gasteiger partial charge in [-0.2, -0.15) is 13.2 Å². The van der Waals surface area contributed by atoms with E-state index < -0.39 is 11.7 Å². The van der Waals surface area contributed by atoms with E-state index in [0.29, 0.717) is 17.0 Å². The van der Waals surface area contributed by atoms with Crippen LogP contribution in [0.5, 0.6) is 0 Å². The fraction of sp³-hybridized carbons (Fsp3) is 0.600. The Bertz CT molecular complexity index is 490. The van der Waals surface area contributed by atoms with Crippen molar-refractivity contribution in [3.05, 3.63) is 28.2 Å². The molecule has 1 aliphatic rings. The Morgan fingerprint density at radius 3 is 2.67 bits per heavy atom. The molecule has 1 aromatic rings. The first-order chi connectivity index (χ1) is 9.77. The first-order valence-electron chi connectivity index (χ1n) is 7.02. The van der Waals surface area contributed by atoms with Crippen LogP contribution in [0, 0.1) is 5.92 Å². The maximum Gasteiger partial charge on any atom is 0.418 e. The summed E-state index contributed by atoms with van der Waals surface area (Å²) in [7, 11) is 0. The van der Waals surface area contributed by atoms with Gasteiger partial charge in [0, 0.05) is 22.8 Å². The smallest absolute Gasteiger partial charge is 0.382 e. The van der Waals surface area contributed by atoms with E-state index in [1.54, 1.807) is 6.07 Å². The average Bonchev–Trinajstić information content (AvgIpc) is 2.40. The van der Waals surface area contributed by atoms with Gasteiger partial charge in [-0.15, -0.1) is 0 Å². The van der Waals surface area contributed by atoms with E-state index in [-0.39, 0.29) is 17.8 Å². The lowest BCUT2D eigenvalue weighted by atomic mass is 9.95. The Morgan fingerprint density at radius 1 is 1.33 bits per heavy atom. The van der Waals surface area contributed by atoms with Crippen LogP contribution in [0.15, 0.2) is 22.7 Å². The van der Waals surface area contributed by atoms with Crippen molar-refractivity contribution in [2.75, 3.05) is 11.9 Å². The molecule has 1 saturated heterocycles. The van der Waals surface area contributed by atoms with Crippen LogP contribution in [0.2, 0.25) is 0 Å². The molecule has 0 radical (unpaired) electrons. The van der Waals surface area contributed by atoms with Gasteiger partial charge in [-0.1, -0.05) is 29.8 Å². The molecule has 1 aromatic carbocycles. The summed E-state index contributed by atoms with van der Waals surface area (Å²) in [5, 5.41) is 3.05. The molecule has 0 spiro atoms. The fourth-order valence-corrected chi connectivity index (χ4v) is 2.88. The van der Waals surface area contributed by atoms with E-state index in [4.69, 9.17) is 4.74 Å². The quantitative estimate of drug-likeness (QED) is 0.805. The number of rotatable bonds is 3. The van der Waals surface area contributed by atoms with Crippen LogP contribution in [0.25, 0.3) is 0 Å². The molecular formula is C15H19BrF3NO. The van der Waals surface area contributed by atoms with Crippen LogP contribution in [-0.4, -0.2) is 18.8 Å². The second-order valence-electron chi connectivity index (χ2n) is 5.71. The lowest BCUT2D eigenvalue weighted by Crippen LogP contribution is -2.37. The highest BCUT2D eigenvalue weighted by atomic mass is 79.9. The molecule has 118 valence electrons. The molecule has 2 atom stereocenters. The zero-order chi connectivity index (χ0) is 15.6. The summed E-state index contributed by atoms with van der Waals surface area (Å²) in [6, 6.07) is 4.22. The number of alkyl halides is 3. The van der Waals surface area contributed by atoms with E-state index in [1.165, 1.54) is 6.07 Å². The largest absolute Gasteiger partial charge is 0.418 e. The van der Waals surface area contributed by atoms with Crippen molar-refractivity contribution in [1.29, 1.82) is 0 Å². The molecule has 0 saturated carbocycles. The van der Waals surface area contributed by atoms with Crippen molar-refractivity contribution in [2.24, 2.45) is 5.92 Å². The van der Waals surface area contributed by atoms with Gasteiger partial charge in [0.15, 0.2) is 0 Å². The summed E-state index contributed by atoms with van der Waals surface area (Å²) in [5.74, 6) is 0.363. The van der Waals surface area contributed by atoms with Gasteiger partial charge in [-0.25, -0.2) is 0 Å². The monoisotopic (exact) mass is 365 g/mol. The van der Waals surface area contributed by atoms with Crippen LogP contribution in [0.1, 0.15) is 32.3 Å². The van der Waals surface area contributed by atoms with Gasteiger partial charge in [0.25, 0.3) is 0 Å². The summed E-state index contributed by atoms with van der Waals surface area (Å²) < 4.78 is 45.4. The number of benzene rings is 1. The van der Waals surface area contributed by atoms with E-state index in [9.17, 15) is 13.2 Å². The van der Waals surface area contributed by atoms with Crippen LogP contribution in [-0.2, 0) is 10.9 Å². The first-order valence-corrected chi connectivity index (χ1v) is 7.81. The highest BCUT2D eigenvalue weighted by molar-refractivity contribution is 9.10. The van der Waals surface area contributed by atoms with Crippen LogP contribution in [0.3, 0.4) is 0 Å². The molecule has 0 amide bonds. The topological polar surface area (TPSA) is 21.3 Å². The summed E-state index contributed by atoms with van der Waals surface area (Å²) in [4.78, 5) is 0. The number of nitrogens with one attached hydrogen (secondary N) is 1. The van der Waals surface area contributed by atoms with E-state index in [1.807, 2.05) is 0 Å². The number of hydrogen-bond donors (Lipinski definition) is 1. The van der Waals surface area contributed by atoms with Crippen molar-refractivity contribution in [3.63, 3.8) is 0 Å². The lowest BCUT2D eigenvalue weighted by Gasteiger charge is -2.33. The summed E-state index contributed by atoms with van der Waals surface area (Å²) in [6.07, 6.45) is -2.82. The highest BCUT2D eigenvalue weighted by Gasteiger charge is 2.35. The number of ether oxygens (including phenoxy) is 1. The van der Waals surface area contributed by atoms with Gasteiger partial charge < -0.3 is 10.1 Å². The predicted molar refractivity (Wildman–Crippen MR) is 80.4 cm³/mol. The summed E-state index contributed by atoms with van der Waals surface area (Å²) in [5.41, 5.74) is -0.496. The van der Waals surface area contributed by atoms with Crippen LogP contribution in [0.4, 0.5) is 18.9 Å². The average molecular weight is 366 g/mol. The maximum atomic E-state index is 13.1. The zero-order valence-electron chi connectivity index (χ0n) is 12.0. The minimum Gasteiger partial charge on any atom is -0.382 e. The third-order valence-corrected chi connectivity index (χ3v) is 4.20. The second kappa shape index (κ2) is 6.57. The van der Waals surface area contributed by atoms with Gasteiger partial charge in [0.1, 0.15) is 0 Å². The summed E-state index contributed by atoms with van der Waals surface area (Å²) in [6.45, 7) is 4.71. The molecule has 21 heavy (non-hydrogen) atoms. The van der Waals surface area contributed by atoms with Gasteiger partial charge in [-0.05, 0) is 37.0 Å². The molecule has 1 fully saturated rings. The maximum absolute atomic E-state index is 13.1. The summed E-state index contributed by atoms with van der Waals surface area (Å²) >= 11 is 3.09. The third kappa shape index (κ3) is 4.36. The lowest BCUT2D eigenvalue weighted by molar-refractivity contribution is -0.137. The second-order valence-corrected chi connectivity index (χ2v) is 6.62. The minimum absolute atomic E-state index is 0.00780. The Balaban J connectivity index is 2.16. The normalized spacial score (nSPS) is 23.4. The first kappa shape index (κ1) is 16.6. The van der Waals surface area contributed by atoms with Crippen molar-refractivity contribution in [2.45, 2.75) is 45.0 Å². The highest BCUT2D eigenvalue weighted by Crippen LogP contribution is 2.37. The van der Waals surface area contributed by atoms with Crippen molar-refractivity contribution < 1.29 is 17.9 Å². The fourth-order valence-electron chi connectivity index (χ4n) is 2.52. The van der Waals surface area contributed by atoms with Crippen molar-refractivity contribution >= 4 is 21.6 Å². The molecule has 6 heteroatoms. The number of hydrogen-bond acceptors (Lipinski definition) is 2. The third-order valence-electron chi connectivity index (χ3n) is 3.71. The number of anilines is 1. The Kier molecular flexibility index (Phi) is 5.20. The number of halogens is 4. The Morgan fingerprint density at radius 2 is 2.05 bits per heavy atom. The molecule has 2 rings (SSSR count). The van der Waals surface area contributed by atoms with Crippen LogP contribution < -0.4 is 5.32 Å². The zero-order valence-corrected chi connectivity index (χ0v) is 13.6. The van der Waals surface area contributed by atoms with Crippen LogP contribution >= 0.6 is 15.9 Å². The van der Waals surface area contributed by atoms with Gasteiger partial charge in [-0.3, -0.25) is 0 Å². The molecule has 0 aromatic heterocycles. The van der Waals surface area contributed by atoms with Crippen molar-refractivity contribution in [1.82, 2.24) is 0 Å². The molecule has 2 unspecified atom stereocenters. The Hall–Kier alpha value is -0.750. The molecule has 0 aliphatic carbocycles.